The van der Waals surface area contributed by atoms with Crippen molar-refractivity contribution in [3.8, 4) is 0 Å². The van der Waals surface area contributed by atoms with E-state index < -0.39 is 0 Å². The molecule has 0 saturated carbocycles. The third-order valence-corrected chi connectivity index (χ3v) is 3.15. The first kappa shape index (κ1) is 11.9. The number of aliphatic hydroxyl groups excluding tert-OH is 1. The van der Waals surface area contributed by atoms with E-state index in [-0.39, 0.29) is 18.4 Å². The van der Waals surface area contributed by atoms with Crippen LogP contribution in [0.4, 0.5) is 5.69 Å². The van der Waals surface area contributed by atoms with E-state index in [2.05, 4.69) is 0 Å². The maximum atomic E-state index is 11.8. The van der Waals surface area contributed by atoms with Gasteiger partial charge in [0.1, 0.15) is 0 Å². The molecule has 0 atom stereocenters. The Morgan fingerprint density at radius 1 is 1.47 bits per heavy atom. The van der Waals surface area contributed by atoms with Gasteiger partial charge in [-0.15, -0.1) is 0 Å². The molecule has 0 spiro atoms. The molecule has 4 heteroatoms. The minimum Gasteiger partial charge on any atom is -0.399 e. The predicted octanol–water partition coefficient (Wildman–Crippen LogP) is 0.652. The van der Waals surface area contributed by atoms with Gasteiger partial charge in [0, 0.05) is 37.7 Å². The summed E-state index contributed by atoms with van der Waals surface area (Å²) in [5.41, 5.74) is 7.51. The van der Waals surface area contributed by atoms with Gasteiger partial charge < -0.3 is 15.7 Å². The van der Waals surface area contributed by atoms with E-state index in [9.17, 15) is 4.79 Å². The Morgan fingerprint density at radius 3 is 2.88 bits per heavy atom. The van der Waals surface area contributed by atoms with Gasteiger partial charge in [0.05, 0.1) is 0 Å². The van der Waals surface area contributed by atoms with Crippen molar-refractivity contribution in [1.82, 2.24) is 4.90 Å². The summed E-state index contributed by atoms with van der Waals surface area (Å²) in [4.78, 5) is 13.6. The zero-order valence-corrected chi connectivity index (χ0v) is 9.80. The number of carbonyl (C=O) groups excluding carboxylic acids is 1. The van der Waals surface area contributed by atoms with Crippen molar-refractivity contribution in [3.63, 3.8) is 0 Å². The van der Waals surface area contributed by atoms with E-state index >= 15 is 0 Å². The molecule has 1 aromatic carbocycles. The van der Waals surface area contributed by atoms with Crippen molar-refractivity contribution < 1.29 is 9.90 Å². The highest BCUT2D eigenvalue weighted by molar-refractivity contribution is 5.77. The molecule has 1 aliphatic rings. The maximum absolute atomic E-state index is 11.8. The molecule has 0 bridgehead atoms. The number of amides is 1. The molecule has 0 unspecified atom stereocenters. The van der Waals surface area contributed by atoms with Crippen molar-refractivity contribution >= 4 is 11.6 Å². The normalized spacial score (nSPS) is 15.7. The van der Waals surface area contributed by atoms with Crippen LogP contribution in [0, 0.1) is 5.92 Å². The lowest BCUT2D eigenvalue weighted by Gasteiger charge is -2.38. The van der Waals surface area contributed by atoms with Gasteiger partial charge in [-0.25, -0.2) is 0 Å². The van der Waals surface area contributed by atoms with Crippen LogP contribution in [0.3, 0.4) is 0 Å². The molecular weight excluding hydrogens is 216 g/mol. The number of carbonyl (C=O) groups is 1. The first-order valence-corrected chi connectivity index (χ1v) is 5.92. The first-order chi connectivity index (χ1) is 8.19. The van der Waals surface area contributed by atoms with Gasteiger partial charge in [-0.05, 0) is 24.1 Å². The van der Waals surface area contributed by atoms with Gasteiger partial charge in [-0.3, -0.25) is 4.79 Å². The Balaban J connectivity index is 1.77. The number of aliphatic hydroxyl groups is 1. The van der Waals surface area contributed by atoms with Gasteiger partial charge >= 0.3 is 0 Å². The van der Waals surface area contributed by atoms with Crippen LogP contribution in [0.2, 0.25) is 0 Å². The SMILES string of the molecule is Nc1cccc(CCC(=O)N2CC(CO)C2)c1. The lowest BCUT2D eigenvalue weighted by atomic mass is 10.00. The van der Waals surface area contributed by atoms with Crippen LogP contribution in [-0.2, 0) is 11.2 Å². The molecule has 1 amide bonds. The van der Waals surface area contributed by atoms with Crippen LogP contribution < -0.4 is 5.73 Å². The number of likely N-dealkylation sites (tertiary alicyclic amines) is 1. The lowest BCUT2D eigenvalue weighted by Crippen LogP contribution is -2.51. The highest BCUT2D eigenvalue weighted by Crippen LogP contribution is 2.17. The number of rotatable bonds is 4. The summed E-state index contributed by atoms with van der Waals surface area (Å²) in [6.07, 6.45) is 1.24. The number of nitrogens with zero attached hydrogens (tertiary/aromatic N) is 1. The van der Waals surface area contributed by atoms with Crippen molar-refractivity contribution in [3.05, 3.63) is 29.8 Å². The predicted molar refractivity (Wildman–Crippen MR) is 66.3 cm³/mol. The molecule has 4 nitrogen and oxygen atoms in total. The minimum atomic E-state index is 0.164. The fourth-order valence-electron chi connectivity index (χ4n) is 2.05. The molecule has 0 aliphatic carbocycles. The van der Waals surface area contributed by atoms with Crippen LogP contribution in [0.25, 0.3) is 0 Å². The minimum absolute atomic E-state index is 0.164. The molecule has 0 radical (unpaired) electrons. The Hall–Kier alpha value is -1.55. The topological polar surface area (TPSA) is 66.6 Å². The molecule has 1 fully saturated rings. The number of nitrogens with two attached hydrogens (primary N) is 1. The Bertz CT molecular complexity index is 400. The molecule has 1 saturated heterocycles. The van der Waals surface area contributed by atoms with Gasteiger partial charge in [0.25, 0.3) is 0 Å². The van der Waals surface area contributed by atoms with E-state index in [1.165, 1.54) is 0 Å². The average molecular weight is 234 g/mol. The monoisotopic (exact) mass is 234 g/mol. The first-order valence-electron chi connectivity index (χ1n) is 5.92. The molecular formula is C13H18N2O2. The molecule has 17 heavy (non-hydrogen) atoms. The van der Waals surface area contributed by atoms with Crippen molar-refractivity contribution in [2.75, 3.05) is 25.4 Å². The molecule has 1 heterocycles. The van der Waals surface area contributed by atoms with E-state index in [0.29, 0.717) is 19.5 Å². The third kappa shape index (κ3) is 2.97. The fourth-order valence-corrected chi connectivity index (χ4v) is 2.05. The lowest BCUT2D eigenvalue weighted by molar-refractivity contribution is -0.138. The molecule has 0 aromatic heterocycles. The summed E-state index contributed by atoms with van der Waals surface area (Å²) >= 11 is 0. The smallest absolute Gasteiger partial charge is 0.222 e. The van der Waals surface area contributed by atoms with Crippen molar-refractivity contribution in [2.24, 2.45) is 5.92 Å². The number of hydrogen-bond acceptors (Lipinski definition) is 3. The summed E-state index contributed by atoms with van der Waals surface area (Å²) in [5, 5.41) is 8.87. The largest absolute Gasteiger partial charge is 0.399 e. The number of benzene rings is 1. The van der Waals surface area contributed by atoms with E-state index in [1.54, 1.807) is 4.90 Å². The standard InChI is InChI=1S/C13H18N2O2/c14-12-3-1-2-10(6-12)4-5-13(17)15-7-11(8-15)9-16/h1-3,6,11,16H,4-5,7-9,14H2. The third-order valence-electron chi connectivity index (χ3n) is 3.15. The van der Waals surface area contributed by atoms with E-state index in [0.717, 1.165) is 17.7 Å². The van der Waals surface area contributed by atoms with Crippen LogP contribution in [-0.4, -0.2) is 35.6 Å². The Labute approximate surface area is 101 Å². The number of aryl methyl sites for hydroxylation is 1. The van der Waals surface area contributed by atoms with E-state index in [4.69, 9.17) is 10.8 Å². The van der Waals surface area contributed by atoms with Gasteiger partial charge in [-0.2, -0.15) is 0 Å². The van der Waals surface area contributed by atoms with Crippen molar-refractivity contribution in [2.45, 2.75) is 12.8 Å². The second kappa shape index (κ2) is 5.19. The van der Waals surface area contributed by atoms with Crippen molar-refractivity contribution in [1.29, 1.82) is 0 Å². The number of nitrogen functional groups attached to an aromatic ring is 1. The highest BCUT2D eigenvalue weighted by atomic mass is 16.3. The van der Waals surface area contributed by atoms with Crippen LogP contribution in [0.5, 0.6) is 0 Å². The van der Waals surface area contributed by atoms with E-state index in [1.807, 2.05) is 24.3 Å². The van der Waals surface area contributed by atoms with Gasteiger partial charge in [0.15, 0.2) is 0 Å². The summed E-state index contributed by atoms with van der Waals surface area (Å²) in [7, 11) is 0. The van der Waals surface area contributed by atoms with Crippen LogP contribution in [0.1, 0.15) is 12.0 Å². The quantitative estimate of drug-likeness (QED) is 0.752. The van der Waals surface area contributed by atoms with Crippen LogP contribution >= 0.6 is 0 Å². The van der Waals surface area contributed by atoms with Crippen LogP contribution in [0.15, 0.2) is 24.3 Å². The number of anilines is 1. The summed E-state index contributed by atoms with van der Waals surface area (Å²) < 4.78 is 0. The molecule has 92 valence electrons. The number of hydrogen-bond donors (Lipinski definition) is 2. The summed E-state index contributed by atoms with van der Waals surface area (Å²) in [6.45, 7) is 1.58. The van der Waals surface area contributed by atoms with Gasteiger partial charge in [0.2, 0.25) is 5.91 Å². The maximum Gasteiger partial charge on any atom is 0.222 e. The summed E-state index contributed by atoms with van der Waals surface area (Å²) in [6, 6.07) is 7.63. The average Bonchev–Trinajstić information content (AvgIpc) is 2.25. The zero-order chi connectivity index (χ0) is 12.3. The molecule has 1 aromatic rings. The zero-order valence-electron chi connectivity index (χ0n) is 9.80. The molecule has 2 rings (SSSR count). The summed E-state index contributed by atoms with van der Waals surface area (Å²) in [5.74, 6) is 0.448. The van der Waals surface area contributed by atoms with Gasteiger partial charge in [-0.1, -0.05) is 12.1 Å². The second-order valence-electron chi connectivity index (χ2n) is 4.59. The molecule has 3 N–H and O–H groups in total. The fraction of sp³-hybridized carbons (Fsp3) is 0.462. The Morgan fingerprint density at radius 2 is 2.24 bits per heavy atom. The second-order valence-corrected chi connectivity index (χ2v) is 4.59. The Kier molecular flexibility index (Phi) is 3.64. The molecule has 1 aliphatic heterocycles. The highest BCUT2D eigenvalue weighted by Gasteiger charge is 2.29.